The number of nitrogens with one attached hydrogen (secondary N) is 2. The van der Waals surface area contributed by atoms with E-state index in [1.165, 1.54) is 16.7 Å². The van der Waals surface area contributed by atoms with Crippen LogP contribution in [0.15, 0.2) is 54.6 Å². The number of hydrogen-bond donors (Lipinski definition) is 2. The molecule has 0 bridgehead atoms. The normalized spacial score (nSPS) is 11.2. The first kappa shape index (κ1) is 19.0. The van der Waals surface area contributed by atoms with Crippen molar-refractivity contribution in [2.45, 2.75) is 39.3 Å². The largest absolute Gasteiger partial charge is 0.444 e. The molecular weight excluding hydrogens is 312 g/mol. The monoisotopic (exact) mass is 340 g/mol. The number of alkyl carbamates (subject to hydrolysis) is 1. The van der Waals surface area contributed by atoms with Gasteiger partial charge in [0.15, 0.2) is 0 Å². The number of carbonyl (C=O) groups excluding carboxylic acids is 1. The molecule has 2 N–H and O–H groups in total. The molecule has 0 saturated heterocycles. The van der Waals surface area contributed by atoms with E-state index in [0.717, 1.165) is 13.0 Å². The van der Waals surface area contributed by atoms with Crippen molar-refractivity contribution in [3.05, 3.63) is 71.3 Å². The fourth-order valence-electron chi connectivity index (χ4n) is 2.51. The van der Waals surface area contributed by atoms with Crippen molar-refractivity contribution >= 4 is 6.09 Å². The molecule has 2 rings (SSSR count). The predicted octanol–water partition coefficient (Wildman–Crippen LogP) is 3.89. The zero-order valence-corrected chi connectivity index (χ0v) is 15.3. The molecule has 0 aliphatic carbocycles. The van der Waals surface area contributed by atoms with Crippen molar-refractivity contribution in [2.75, 3.05) is 13.1 Å². The molecule has 25 heavy (non-hydrogen) atoms. The van der Waals surface area contributed by atoms with Gasteiger partial charge < -0.3 is 15.4 Å². The van der Waals surface area contributed by atoms with Crippen LogP contribution in [0.2, 0.25) is 0 Å². The van der Waals surface area contributed by atoms with Gasteiger partial charge in [0.1, 0.15) is 5.60 Å². The molecule has 0 aliphatic rings. The molecule has 0 saturated carbocycles. The van der Waals surface area contributed by atoms with Gasteiger partial charge in [-0.05, 0) is 43.9 Å². The van der Waals surface area contributed by atoms with Crippen LogP contribution in [0.5, 0.6) is 0 Å². The van der Waals surface area contributed by atoms with Gasteiger partial charge in [0.2, 0.25) is 0 Å². The highest BCUT2D eigenvalue weighted by molar-refractivity contribution is 5.67. The topological polar surface area (TPSA) is 50.4 Å². The first-order chi connectivity index (χ1) is 11.9. The fraction of sp³-hybridized carbons (Fsp3) is 0.381. The third-order valence-corrected chi connectivity index (χ3v) is 3.64. The summed E-state index contributed by atoms with van der Waals surface area (Å²) in [6, 6.07) is 18.9. The van der Waals surface area contributed by atoms with Gasteiger partial charge in [-0.2, -0.15) is 0 Å². The average Bonchev–Trinajstić information content (AvgIpc) is 2.55. The van der Waals surface area contributed by atoms with Crippen molar-refractivity contribution in [2.24, 2.45) is 0 Å². The van der Waals surface area contributed by atoms with Gasteiger partial charge in [0.05, 0.1) is 0 Å². The van der Waals surface area contributed by atoms with Gasteiger partial charge in [-0.1, -0.05) is 54.6 Å². The highest BCUT2D eigenvalue weighted by Gasteiger charge is 2.15. The van der Waals surface area contributed by atoms with E-state index in [2.05, 4.69) is 59.2 Å². The number of benzene rings is 2. The lowest BCUT2D eigenvalue weighted by Gasteiger charge is -2.19. The maximum atomic E-state index is 11.6. The number of ether oxygens (including phenoxy) is 1. The minimum absolute atomic E-state index is 0.376. The van der Waals surface area contributed by atoms with Crippen LogP contribution < -0.4 is 10.6 Å². The van der Waals surface area contributed by atoms with Crippen LogP contribution >= 0.6 is 0 Å². The van der Waals surface area contributed by atoms with Crippen LogP contribution in [-0.2, 0) is 17.7 Å². The smallest absolute Gasteiger partial charge is 0.407 e. The maximum Gasteiger partial charge on any atom is 0.407 e. The summed E-state index contributed by atoms with van der Waals surface area (Å²) < 4.78 is 5.21. The Morgan fingerprint density at radius 3 is 2.24 bits per heavy atom. The van der Waals surface area contributed by atoms with E-state index in [4.69, 9.17) is 4.74 Å². The standard InChI is InChI=1S/C21H28N2O2/c1-21(2,3)25-20(24)23-14-13-22-16-19-12-8-7-11-18(19)15-17-9-5-4-6-10-17/h4-12,22H,13-16H2,1-3H3,(H,23,24). The summed E-state index contributed by atoms with van der Waals surface area (Å²) in [7, 11) is 0. The van der Waals surface area contributed by atoms with Crippen LogP contribution in [0.3, 0.4) is 0 Å². The summed E-state index contributed by atoms with van der Waals surface area (Å²) >= 11 is 0. The van der Waals surface area contributed by atoms with E-state index in [1.807, 2.05) is 26.8 Å². The van der Waals surface area contributed by atoms with Crippen molar-refractivity contribution in [3.8, 4) is 0 Å². The lowest BCUT2D eigenvalue weighted by atomic mass is 10.00. The maximum absolute atomic E-state index is 11.6. The number of carbonyl (C=O) groups is 1. The lowest BCUT2D eigenvalue weighted by molar-refractivity contribution is 0.0528. The third-order valence-electron chi connectivity index (χ3n) is 3.64. The highest BCUT2D eigenvalue weighted by atomic mass is 16.6. The Balaban J connectivity index is 1.77. The molecule has 2 aromatic carbocycles. The number of rotatable bonds is 7. The summed E-state index contributed by atoms with van der Waals surface area (Å²) in [6.07, 6.45) is 0.549. The second-order valence-corrected chi connectivity index (χ2v) is 7.04. The molecule has 1 amide bonds. The SMILES string of the molecule is CC(C)(C)OC(=O)NCCNCc1ccccc1Cc1ccccc1. The van der Waals surface area contributed by atoms with Gasteiger partial charge in [-0.3, -0.25) is 0 Å². The van der Waals surface area contributed by atoms with Gasteiger partial charge >= 0.3 is 6.09 Å². The third kappa shape index (κ3) is 7.40. The van der Waals surface area contributed by atoms with Gasteiger partial charge in [0, 0.05) is 19.6 Å². The van der Waals surface area contributed by atoms with Crippen molar-refractivity contribution in [1.29, 1.82) is 0 Å². The molecule has 0 atom stereocenters. The summed E-state index contributed by atoms with van der Waals surface area (Å²) in [6.45, 7) is 7.57. The average molecular weight is 340 g/mol. The second-order valence-electron chi connectivity index (χ2n) is 7.04. The van der Waals surface area contributed by atoms with E-state index in [9.17, 15) is 4.79 Å². The molecule has 0 unspecified atom stereocenters. The predicted molar refractivity (Wildman–Crippen MR) is 102 cm³/mol. The van der Waals surface area contributed by atoms with E-state index in [-0.39, 0.29) is 6.09 Å². The minimum atomic E-state index is -0.464. The molecule has 0 aliphatic heterocycles. The van der Waals surface area contributed by atoms with Crippen LogP contribution in [-0.4, -0.2) is 24.8 Å². The molecule has 4 nitrogen and oxygen atoms in total. The molecular formula is C21H28N2O2. The zero-order chi connectivity index (χ0) is 18.1. The molecule has 2 aromatic rings. The first-order valence-electron chi connectivity index (χ1n) is 8.72. The number of hydrogen-bond acceptors (Lipinski definition) is 3. The van der Waals surface area contributed by atoms with E-state index < -0.39 is 5.60 Å². The van der Waals surface area contributed by atoms with E-state index in [0.29, 0.717) is 13.1 Å². The van der Waals surface area contributed by atoms with E-state index >= 15 is 0 Å². The molecule has 0 fully saturated rings. The van der Waals surface area contributed by atoms with Crippen molar-refractivity contribution in [1.82, 2.24) is 10.6 Å². The fourth-order valence-corrected chi connectivity index (χ4v) is 2.51. The Kier molecular flexibility index (Phi) is 7.02. The number of amides is 1. The zero-order valence-electron chi connectivity index (χ0n) is 15.3. The Bertz CT molecular complexity index is 663. The Hall–Kier alpha value is -2.33. The minimum Gasteiger partial charge on any atom is -0.444 e. The summed E-state index contributed by atoms with van der Waals surface area (Å²) in [5.74, 6) is 0. The van der Waals surface area contributed by atoms with Gasteiger partial charge in [-0.15, -0.1) is 0 Å². The van der Waals surface area contributed by atoms with Crippen LogP contribution in [0.4, 0.5) is 4.79 Å². The first-order valence-corrected chi connectivity index (χ1v) is 8.72. The van der Waals surface area contributed by atoms with Gasteiger partial charge in [0.25, 0.3) is 0 Å². The molecule has 0 radical (unpaired) electrons. The highest BCUT2D eigenvalue weighted by Crippen LogP contribution is 2.14. The molecule has 0 aromatic heterocycles. The molecule has 4 heteroatoms. The summed E-state index contributed by atoms with van der Waals surface area (Å²) in [5.41, 5.74) is 3.44. The molecule has 0 heterocycles. The van der Waals surface area contributed by atoms with Gasteiger partial charge in [-0.25, -0.2) is 4.79 Å². The van der Waals surface area contributed by atoms with Crippen LogP contribution in [0, 0.1) is 0 Å². The quantitative estimate of drug-likeness (QED) is 0.752. The van der Waals surface area contributed by atoms with E-state index in [1.54, 1.807) is 0 Å². The molecule has 134 valence electrons. The van der Waals surface area contributed by atoms with Crippen molar-refractivity contribution in [3.63, 3.8) is 0 Å². The van der Waals surface area contributed by atoms with Crippen LogP contribution in [0.1, 0.15) is 37.5 Å². The Morgan fingerprint density at radius 2 is 1.56 bits per heavy atom. The Morgan fingerprint density at radius 1 is 0.920 bits per heavy atom. The lowest BCUT2D eigenvalue weighted by Crippen LogP contribution is -2.36. The summed E-state index contributed by atoms with van der Waals surface area (Å²) in [5, 5.41) is 6.13. The summed E-state index contributed by atoms with van der Waals surface area (Å²) in [4.78, 5) is 11.6. The second kappa shape index (κ2) is 9.23. The van der Waals surface area contributed by atoms with Crippen LogP contribution in [0.25, 0.3) is 0 Å². The van der Waals surface area contributed by atoms with Crippen molar-refractivity contribution < 1.29 is 9.53 Å². The molecule has 0 spiro atoms. The Labute approximate surface area is 150 Å².